The number of carbonyl (C=O) groups excluding carboxylic acids is 1. The van der Waals surface area contributed by atoms with Crippen molar-refractivity contribution >= 4 is 23.2 Å². The molecule has 0 saturated heterocycles. The maximum atomic E-state index is 11.9. The minimum Gasteiger partial charge on any atom is -0.483 e. The van der Waals surface area contributed by atoms with E-state index < -0.39 is 0 Å². The highest BCUT2D eigenvalue weighted by molar-refractivity contribution is 6.30. The summed E-state index contributed by atoms with van der Waals surface area (Å²) in [6.45, 7) is 3.47. The highest BCUT2D eigenvalue weighted by Gasteiger charge is 2.06. The third-order valence-corrected chi connectivity index (χ3v) is 3.65. The summed E-state index contributed by atoms with van der Waals surface area (Å²) in [5, 5.41) is 13.2. The summed E-state index contributed by atoms with van der Waals surface area (Å²) in [4.78, 5) is 11.9. The van der Waals surface area contributed by atoms with Crippen LogP contribution in [0.3, 0.4) is 0 Å². The van der Waals surface area contributed by atoms with Crippen LogP contribution in [0.15, 0.2) is 47.6 Å². The van der Waals surface area contributed by atoms with Gasteiger partial charge in [-0.15, -0.1) is 0 Å². The quantitative estimate of drug-likeness (QED) is 0.596. The zero-order chi connectivity index (χ0) is 18.9. The molecule has 6 nitrogen and oxygen atoms in total. The van der Waals surface area contributed by atoms with Crippen LogP contribution < -0.4 is 14.9 Å². The number of rotatable bonds is 7. The van der Waals surface area contributed by atoms with Crippen molar-refractivity contribution in [1.29, 1.82) is 5.26 Å². The summed E-state index contributed by atoms with van der Waals surface area (Å²) in [6.07, 6.45) is 0. The van der Waals surface area contributed by atoms with Crippen LogP contribution in [0.1, 0.15) is 18.1 Å². The minimum absolute atomic E-state index is 0.00440. The molecule has 0 aliphatic rings. The third-order valence-electron chi connectivity index (χ3n) is 3.42. The number of nitriles is 1. The number of hydrogen-bond donors (Lipinski definition) is 1. The van der Waals surface area contributed by atoms with Gasteiger partial charge >= 0.3 is 0 Å². The zero-order valence-corrected chi connectivity index (χ0v) is 15.2. The maximum absolute atomic E-state index is 11.9. The van der Waals surface area contributed by atoms with E-state index in [2.05, 4.69) is 10.5 Å². The predicted molar refractivity (Wildman–Crippen MR) is 99.6 cm³/mol. The standard InChI is InChI=1S/C19H18ClN3O3/c1-13-11-16(20)5-8-18(13)26-12-19(24)23-22-14(2)15-3-6-17(7-4-15)25-10-9-21/h3-8,11H,10,12H2,1-2H3,(H,23,24)/b22-14-. The first kappa shape index (κ1) is 19.3. The molecule has 0 heterocycles. The van der Waals surface area contributed by atoms with Crippen LogP contribution in [0.2, 0.25) is 5.02 Å². The second-order valence-corrected chi connectivity index (χ2v) is 5.84. The first-order valence-electron chi connectivity index (χ1n) is 7.82. The van der Waals surface area contributed by atoms with Gasteiger partial charge in [-0.2, -0.15) is 10.4 Å². The van der Waals surface area contributed by atoms with Gasteiger partial charge in [0.2, 0.25) is 0 Å². The Morgan fingerprint density at radius 1 is 1.23 bits per heavy atom. The molecular formula is C19H18ClN3O3. The molecule has 0 aliphatic heterocycles. The second-order valence-electron chi connectivity index (χ2n) is 5.40. The molecule has 0 aromatic heterocycles. The SMILES string of the molecule is C/C(=N/NC(=O)COc1ccc(Cl)cc1C)c1ccc(OCC#N)cc1. The molecule has 7 heteroatoms. The summed E-state index contributed by atoms with van der Waals surface area (Å²) in [5.74, 6) is 0.824. The summed E-state index contributed by atoms with van der Waals surface area (Å²) in [6, 6.07) is 14.2. The van der Waals surface area contributed by atoms with E-state index in [4.69, 9.17) is 26.3 Å². The zero-order valence-electron chi connectivity index (χ0n) is 14.5. The second kappa shape index (κ2) is 9.44. The molecule has 1 N–H and O–H groups in total. The summed E-state index contributed by atoms with van der Waals surface area (Å²) in [7, 11) is 0. The van der Waals surface area contributed by atoms with Gasteiger partial charge in [0.05, 0.1) is 5.71 Å². The Hall–Kier alpha value is -3.04. The van der Waals surface area contributed by atoms with Gasteiger partial charge in [0.25, 0.3) is 5.91 Å². The number of nitrogens with zero attached hydrogens (tertiary/aromatic N) is 2. The Balaban J connectivity index is 1.87. The topological polar surface area (TPSA) is 83.7 Å². The number of hydrazone groups is 1. The molecule has 134 valence electrons. The molecule has 0 saturated carbocycles. The van der Waals surface area contributed by atoms with Crippen molar-refractivity contribution in [2.75, 3.05) is 13.2 Å². The molecule has 0 bridgehead atoms. The lowest BCUT2D eigenvalue weighted by molar-refractivity contribution is -0.123. The summed E-state index contributed by atoms with van der Waals surface area (Å²) >= 11 is 5.88. The van der Waals surface area contributed by atoms with E-state index in [1.165, 1.54) is 0 Å². The lowest BCUT2D eigenvalue weighted by Crippen LogP contribution is -2.25. The molecule has 2 aromatic rings. The molecule has 0 atom stereocenters. The fraction of sp³-hybridized carbons (Fsp3) is 0.211. The van der Waals surface area contributed by atoms with E-state index in [-0.39, 0.29) is 19.1 Å². The summed E-state index contributed by atoms with van der Waals surface area (Å²) in [5.41, 5.74) is 4.76. The average molecular weight is 372 g/mol. The van der Waals surface area contributed by atoms with Gasteiger partial charge in [0.15, 0.2) is 13.2 Å². The van der Waals surface area contributed by atoms with Crippen molar-refractivity contribution in [3.8, 4) is 17.6 Å². The van der Waals surface area contributed by atoms with Crippen LogP contribution in [0.25, 0.3) is 0 Å². The van der Waals surface area contributed by atoms with E-state index in [1.54, 1.807) is 49.4 Å². The molecule has 26 heavy (non-hydrogen) atoms. The van der Waals surface area contributed by atoms with Gasteiger partial charge in [0.1, 0.15) is 17.6 Å². The minimum atomic E-state index is -0.368. The number of halogens is 1. The van der Waals surface area contributed by atoms with Crippen LogP contribution in [-0.4, -0.2) is 24.8 Å². The van der Waals surface area contributed by atoms with Crippen LogP contribution in [0, 0.1) is 18.3 Å². The van der Waals surface area contributed by atoms with Gasteiger partial charge in [-0.1, -0.05) is 11.6 Å². The monoisotopic (exact) mass is 371 g/mol. The number of hydrogen-bond acceptors (Lipinski definition) is 5. The average Bonchev–Trinajstić information content (AvgIpc) is 2.64. The lowest BCUT2D eigenvalue weighted by atomic mass is 10.1. The number of amides is 1. The Kier molecular flexibility index (Phi) is 7.01. The fourth-order valence-electron chi connectivity index (χ4n) is 2.07. The molecule has 0 spiro atoms. The van der Waals surface area contributed by atoms with Gasteiger partial charge in [-0.3, -0.25) is 4.79 Å². The molecule has 2 rings (SSSR count). The van der Waals surface area contributed by atoms with Gasteiger partial charge in [-0.25, -0.2) is 5.43 Å². The lowest BCUT2D eigenvalue weighted by Gasteiger charge is -2.09. The van der Waals surface area contributed by atoms with Gasteiger partial charge in [0, 0.05) is 5.02 Å². The van der Waals surface area contributed by atoms with Crippen LogP contribution in [-0.2, 0) is 4.79 Å². The highest BCUT2D eigenvalue weighted by atomic mass is 35.5. The molecular weight excluding hydrogens is 354 g/mol. The van der Waals surface area contributed by atoms with E-state index in [0.717, 1.165) is 11.1 Å². The van der Waals surface area contributed by atoms with Crippen molar-refractivity contribution in [2.45, 2.75) is 13.8 Å². The highest BCUT2D eigenvalue weighted by Crippen LogP contribution is 2.21. The van der Waals surface area contributed by atoms with Crippen LogP contribution in [0.5, 0.6) is 11.5 Å². The van der Waals surface area contributed by atoms with E-state index in [9.17, 15) is 4.79 Å². The smallest absolute Gasteiger partial charge is 0.277 e. The third kappa shape index (κ3) is 5.80. The number of benzene rings is 2. The molecule has 0 radical (unpaired) electrons. The van der Waals surface area contributed by atoms with E-state index >= 15 is 0 Å². The Morgan fingerprint density at radius 3 is 2.62 bits per heavy atom. The molecule has 2 aromatic carbocycles. The number of ether oxygens (including phenoxy) is 2. The fourth-order valence-corrected chi connectivity index (χ4v) is 2.30. The van der Waals surface area contributed by atoms with E-state index in [0.29, 0.717) is 22.2 Å². The predicted octanol–water partition coefficient (Wildman–Crippen LogP) is 3.47. The van der Waals surface area contributed by atoms with Crippen molar-refractivity contribution in [3.05, 3.63) is 58.6 Å². The van der Waals surface area contributed by atoms with Crippen molar-refractivity contribution in [2.24, 2.45) is 5.10 Å². The first-order chi connectivity index (χ1) is 12.5. The Morgan fingerprint density at radius 2 is 1.96 bits per heavy atom. The number of carbonyl (C=O) groups is 1. The largest absolute Gasteiger partial charge is 0.483 e. The molecule has 0 unspecified atom stereocenters. The number of nitrogens with one attached hydrogen (secondary N) is 1. The van der Waals surface area contributed by atoms with Crippen molar-refractivity contribution in [3.63, 3.8) is 0 Å². The summed E-state index contributed by atoms with van der Waals surface area (Å²) < 4.78 is 10.6. The van der Waals surface area contributed by atoms with Gasteiger partial charge < -0.3 is 9.47 Å². The molecule has 0 aliphatic carbocycles. The van der Waals surface area contributed by atoms with Crippen molar-refractivity contribution < 1.29 is 14.3 Å². The van der Waals surface area contributed by atoms with E-state index in [1.807, 2.05) is 13.0 Å². The van der Waals surface area contributed by atoms with Crippen molar-refractivity contribution in [1.82, 2.24) is 5.43 Å². The Bertz CT molecular complexity index is 842. The normalized spacial score (nSPS) is 10.8. The Labute approximate surface area is 157 Å². The first-order valence-corrected chi connectivity index (χ1v) is 8.19. The van der Waals surface area contributed by atoms with Crippen LogP contribution in [0.4, 0.5) is 0 Å². The molecule has 1 amide bonds. The van der Waals surface area contributed by atoms with Crippen LogP contribution >= 0.6 is 11.6 Å². The molecule has 0 fully saturated rings. The number of aryl methyl sites for hydroxylation is 1. The van der Waals surface area contributed by atoms with Gasteiger partial charge in [-0.05, 0) is 67.4 Å². The maximum Gasteiger partial charge on any atom is 0.277 e.